The van der Waals surface area contributed by atoms with Crippen molar-refractivity contribution >= 4 is 34.2 Å². The van der Waals surface area contributed by atoms with Crippen LogP contribution in [0.5, 0.6) is 0 Å². The summed E-state index contributed by atoms with van der Waals surface area (Å²) in [7, 11) is 1.80. The summed E-state index contributed by atoms with van der Waals surface area (Å²) in [4.78, 5) is 0. The van der Waals surface area contributed by atoms with Gasteiger partial charge in [0.05, 0.1) is 11.8 Å². The lowest BCUT2D eigenvalue weighted by Crippen LogP contribution is -2.03. The number of nitrogens with zero attached hydrogens (tertiary/aromatic N) is 2. The Morgan fingerprint density at radius 3 is 2.78 bits per heavy atom. The third kappa shape index (κ3) is 2.87. The lowest BCUT2D eigenvalue weighted by Gasteiger charge is -2.11. The maximum atomic E-state index is 10.3. The van der Waals surface area contributed by atoms with Gasteiger partial charge in [0.15, 0.2) is 0 Å². The van der Waals surface area contributed by atoms with Gasteiger partial charge in [-0.05, 0) is 47.2 Å². The molecule has 2 rings (SSSR count). The summed E-state index contributed by atoms with van der Waals surface area (Å²) in [5.41, 5.74) is 2.68. The highest BCUT2D eigenvalue weighted by molar-refractivity contribution is 14.1. The largest absolute Gasteiger partial charge is 0.388 e. The Labute approximate surface area is 125 Å². The zero-order chi connectivity index (χ0) is 13.3. The molecule has 0 aliphatic heterocycles. The monoisotopic (exact) mass is 376 g/mol. The highest BCUT2D eigenvalue weighted by atomic mass is 127. The van der Waals surface area contributed by atoms with E-state index in [0.29, 0.717) is 11.6 Å². The second-order valence-electron chi connectivity index (χ2n) is 4.25. The lowest BCUT2D eigenvalue weighted by atomic mass is 10.0. The van der Waals surface area contributed by atoms with Gasteiger partial charge in [-0.1, -0.05) is 23.7 Å². The molecule has 0 aliphatic carbocycles. The number of hydrogen-bond acceptors (Lipinski definition) is 2. The number of aliphatic hydroxyl groups is 1. The number of rotatable bonds is 3. The van der Waals surface area contributed by atoms with Crippen LogP contribution in [0.2, 0.25) is 5.15 Å². The van der Waals surface area contributed by atoms with Gasteiger partial charge in [-0.25, -0.2) is 0 Å². The summed E-state index contributed by atoms with van der Waals surface area (Å²) in [5.74, 6) is 0. The van der Waals surface area contributed by atoms with E-state index in [4.69, 9.17) is 11.6 Å². The summed E-state index contributed by atoms with van der Waals surface area (Å²) < 4.78 is 2.74. The molecular formula is C13H14ClIN2O. The number of aryl methyl sites for hydroxylation is 2. The third-order valence-electron chi connectivity index (χ3n) is 2.90. The van der Waals surface area contributed by atoms with Gasteiger partial charge < -0.3 is 5.11 Å². The molecule has 0 saturated heterocycles. The molecule has 1 atom stereocenters. The molecule has 1 heterocycles. The van der Waals surface area contributed by atoms with Crippen molar-refractivity contribution in [3.63, 3.8) is 0 Å². The van der Waals surface area contributed by atoms with Crippen LogP contribution in [-0.2, 0) is 13.5 Å². The molecule has 1 unspecified atom stereocenters. The van der Waals surface area contributed by atoms with Gasteiger partial charge in [0.25, 0.3) is 0 Å². The van der Waals surface area contributed by atoms with E-state index in [1.807, 2.05) is 31.2 Å². The minimum Gasteiger partial charge on any atom is -0.388 e. The summed E-state index contributed by atoms with van der Waals surface area (Å²) in [5, 5.41) is 15.1. The molecule has 1 aromatic heterocycles. The molecule has 0 radical (unpaired) electrons. The number of benzene rings is 1. The average Bonchev–Trinajstić information content (AvgIpc) is 2.56. The molecule has 3 nitrogen and oxygen atoms in total. The maximum absolute atomic E-state index is 10.3. The van der Waals surface area contributed by atoms with Crippen LogP contribution in [0, 0.1) is 10.5 Å². The maximum Gasteiger partial charge on any atom is 0.130 e. The van der Waals surface area contributed by atoms with Crippen molar-refractivity contribution in [2.75, 3.05) is 0 Å². The fraction of sp³-hybridized carbons (Fsp3) is 0.308. The molecule has 0 bridgehead atoms. The smallest absolute Gasteiger partial charge is 0.130 e. The highest BCUT2D eigenvalue weighted by Crippen LogP contribution is 2.26. The first-order chi connectivity index (χ1) is 8.49. The Balaban J connectivity index is 2.24. The molecule has 1 N–H and O–H groups in total. The Morgan fingerprint density at radius 1 is 1.50 bits per heavy atom. The Kier molecular flexibility index (Phi) is 4.29. The van der Waals surface area contributed by atoms with Crippen molar-refractivity contribution in [3.8, 4) is 0 Å². The van der Waals surface area contributed by atoms with Crippen molar-refractivity contribution < 1.29 is 5.11 Å². The van der Waals surface area contributed by atoms with E-state index in [0.717, 1.165) is 20.4 Å². The lowest BCUT2D eigenvalue weighted by molar-refractivity contribution is 0.178. The molecule has 0 fully saturated rings. The minimum absolute atomic E-state index is 0.485. The number of aliphatic hydroxyl groups excluding tert-OH is 1. The first kappa shape index (κ1) is 13.8. The van der Waals surface area contributed by atoms with Gasteiger partial charge >= 0.3 is 0 Å². The summed E-state index contributed by atoms with van der Waals surface area (Å²) >= 11 is 8.40. The minimum atomic E-state index is -0.555. The van der Waals surface area contributed by atoms with Crippen LogP contribution < -0.4 is 0 Å². The first-order valence-electron chi connectivity index (χ1n) is 5.60. The fourth-order valence-corrected chi connectivity index (χ4v) is 2.75. The Hall–Kier alpha value is -0.590. The standard InChI is InChI=1S/C13H14ClIN2O/c1-8-11(13(14)17(2)16-8)7-12(18)9-4-3-5-10(15)6-9/h3-6,12,18H,7H2,1-2H3. The molecule has 5 heteroatoms. The number of halogens is 2. The second kappa shape index (κ2) is 5.59. The third-order valence-corrected chi connectivity index (χ3v) is 4.04. The predicted molar refractivity (Wildman–Crippen MR) is 80.8 cm³/mol. The molecule has 0 spiro atoms. The van der Waals surface area contributed by atoms with Crippen LogP contribution in [0.3, 0.4) is 0 Å². The molecule has 18 heavy (non-hydrogen) atoms. The molecule has 0 amide bonds. The zero-order valence-electron chi connectivity index (χ0n) is 10.2. The van der Waals surface area contributed by atoms with E-state index in [2.05, 4.69) is 27.7 Å². The van der Waals surface area contributed by atoms with Crippen LogP contribution in [0.15, 0.2) is 24.3 Å². The highest BCUT2D eigenvalue weighted by Gasteiger charge is 2.16. The van der Waals surface area contributed by atoms with Crippen LogP contribution in [0.4, 0.5) is 0 Å². The van der Waals surface area contributed by atoms with E-state index in [1.54, 1.807) is 11.7 Å². The van der Waals surface area contributed by atoms with Crippen LogP contribution in [0.1, 0.15) is 22.9 Å². The van der Waals surface area contributed by atoms with Crippen molar-refractivity contribution in [1.82, 2.24) is 9.78 Å². The normalized spacial score (nSPS) is 12.7. The van der Waals surface area contributed by atoms with Crippen molar-refractivity contribution in [2.45, 2.75) is 19.4 Å². The molecular weight excluding hydrogens is 363 g/mol. The molecule has 0 saturated carbocycles. The quantitative estimate of drug-likeness (QED) is 0.835. The van der Waals surface area contributed by atoms with E-state index < -0.39 is 6.10 Å². The van der Waals surface area contributed by atoms with E-state index in [9.17, 15) is 5.11 Å². The Morgan fingerprint density at radius 2 is 2.22 bits per heavy atom. The second-order valence-corrected chi connectivity index (χ2v) is 5.86. The van der Waals surface area contributed by atoms with Crippen molar-refractivity contribution in [1.29, 1.82) is 0 Å². The van der Waals surface area contributed by atoms with Gasteiger partial charge in [-0.15, -0.1) is 0 Å². The molecule has 96 valence electrons. The summed E-state index contributed by atoms with van der Waals surface area (Å²) in [6, 6.07) is 7.84. The topological polar surface area (TPSA) is 38.0 Å². The van der Waals surface area contributed by atoms with Gasteiger partial charge in [0, 0.05) is 22.6 Å². The average molecular weight is 377 g/mol. The molecule has 1 aromatic carbocycles. The van der Waals surface area contributed by atoms with Crippen molar-refractivity contribution in [3.05, 3.63) is 49.8 Å². The van der Waals surface area contributed by atoms with Gasteiger partial charge in [-0.3, -0.25) is 4.68 Å². The fourth-order valence-electron chi connectivity index (χ4n) is 1.93. The molecule has 0 aliphatic rings. The van der Waals surface area contributed by atoms with Crippen molar-refractivity contribution in [2.24, 2.45) is 7.05 Å². The van der Waals surface area contributed by atoms with Crippen LogP contribution in [-0.4, -0.2) is 14.9 Å². The Bertz CT molecular complexity index is 568. The van der Waals surface area contributed by atoms with E-state index in [1.165, 1.54) is 0 Å². The van der Waals surface area contributed by atoms with Crippen LogP contribution in [0.25, 0.3) is 0 Å². The van der Waals surface area contributed by atoms with E-state index in [-0.39, 0.29) is 0 Å². The first-order valence-corrected chi connectivity index (χ1v) is 7.06. The molecule has 2 aromatic rings. The van der Waals surface area contributed by atoms with Gasteiger partial charge in [0.1, 0.15) is 5.15 Å². The summed E-state index contributed by atoms with van der Waals surface area (Å²) in [6.45, 7) is 1.91. The SMILES string of the molecule is Cc1nn(C)c(Cl)c1CC(O)c1cccc(I)c1. The summed E-state index contributed by atoms with van der Waals surface area (Å²) in [6.07, 6.45) is -0.0707. The van der Waals surface area contributed by atoms with E-state index >= 15 is 0 Å². The van der Waals surface area contributed by atoms with Crippen LogP contribution >= 0.6 is 34.2 Å². The van der Waals surface area contributed by atoms with Gasteiger partial charge in [0.2, 0.25) is 0 Å². The van der Waals surface area contributed by atoms with Gasteiger partial charge in [-0.2, -0.15) is 5.10 Å². The number of aromatic nitrogens is 2. The number of hydrogen-bond donors (Lipinski definition) is 1. The predicted octanol–water partition coefficient (Wildman–Crippen LogP) is 3.26. The zero-order valence-corrected chi connectivity index (χ0v) is 13.1.